The number of nitrogens with one attached hydrogen (secondary N) is 1. The third kappa shape index (κ3) is 2.24. The van der Waals surface area contributed by atoms with Crippen LogP contribution in [-0.4, -0.2) is 17.0 Å². The van der Waals surface area contributed by atoms with Crippen LogP contribution in [0.2, 0.25) is 0 Å². The average molecular weight is 239 g/mol. The summed E-state index contributed by atoms with van der Waals surface area (Å²) < 4.78 is 0. The van der Waals surface area contributed by atoms with E-state index in [-0.39, 0.29) is 17.4 Å². The lowest BCUT2D eigenvalue weighted by molar-refractivity contribution is -0.117. The first-order valence-electron chi connectivity index (χ1n) is 5.28. The zero-order valence-corrected chi connectivity index (χ0v) is 9.76. The van der Waals surface area contributed by atoms with Gasteiger partial charge < -0.3 is 10.4 Å². The molecule has 0 aliphatic heterocycles. The molecule has 0 saturated heterocycles. The Hall–Kier alpha value is -1.36. The van der Waals surface area contributed by atoms with Crippen LogP contribution in [0.15, 0.2) is 6.07 Å². The van der Waals surface area contributed by atoms with E-state index in [0.29, 0.717) is 5.00 Å². The Balaban J connectivity index is 2.20. The summed E-state index contributed by atoms with van der Waals surface area (Å²) in [6.07, 6.45) is 2.62. The van der Waals surface area contributed by atoms with E-state index in [1.165, 1.54) is 11.3 Å². The molecule has 1 amide bonds. The van der Waals surface area contributed by atoms with Crippen LogP contribution in [0.25, 0.3) is 0 Å². The Bertz CT molecular complexity index is 434. The maximum atomic E-state index is 11.5. The van der Waals surface area contributed by atoms with Crippen LogP contribution >= 0.6 is 11.3 Å². The van der Waals surface area contributed by atoms with Gasteiger partial charge in [-0.2, -0.15) is 0 Å². The molecule has 0 aromatic carbocycles. The molecule has 0 spiro atoms. The maximum Gasteiger partial charge on any atom is 0.338 e. The number of aromatic carboxylic acids is 1. The van der Waals surface area contributed by atoms with Gasteiger partial charge in [0, 0.05) is 10.8 Å². The normalized spacial score (nSPS) is 14.8. The summed E-state index contributed by atoms with van der Waals surface area (Å²) >= 11 is 1.35. The highest BCUT2D eigenvalue weighted by atomic mass is 32.1. The smallest absolute Gasteiger partial charge is 0.338 e. The lowest BCUT2D eigenvalue weighted by Crippen LogP contribution is -2.14. The van der Waals surface area contributed by atoms with E-state index in [4.69, 9.17) is 5.11 Å². The van der Waals surface area contributed by atoms with Crippen LogP contribution < -0.4 is 5.32 Å². The molecule has 0 atom stereocenters. The standard InChI is InChI=1S/C11H13NO3S/c1-2-7-5-8(11(14)15)10(16-7)12-9(13)6-3-4-6/h5-6H,2-4H2,1H3,(H,12,13)(H,14,15). The van der Waals surface area contributed by atoms with E-state index in [1.807, 2.05) is 6.92 Å². The summed E-state index contributed by atoms with van der Waals surface area (Å²) in [6.45, 7) is 1.96. The van der Waals surface area contributed by atoms with Crippen molar-refractivity contribution in [3.63, 3.8) is 0 Å². The third-order valence-electron chi connectivity index (χ3n) is 2.55. The lowest BCUT2D eigenvalue weighted by Gasteiger charge is -2.01. The molecule has 2 rings (SSSR count). The van der Waals surface area contributed by atoms with Gasteiger partial charge in [0.1, 0.15) is 5.00 Å². The maximum absolute atomic E-state index is 11.5. The molecule has 1 aliphatic carbocycles. The van der Waals surface area contributed by atoms with Crippen molar-refractivity contribution in [1.82, 2.24) is 0 Å². The minimum Gasteiger partial charge on any atom is -0.478 e. The van der Waals surface area contributed by atoms with Gasteiger partial charge in [-0.3, -0.25) is 4.79 Å². The molecule has 0 bridgehead atoms. The van der Waals surface area contributed by atoms with Crippen LogP contribution in [0.5, 0.6) is 0 Å². The second-order valence-corrected chi connectivity index (χ2v) is 5.01. The molecule has 2 N–H and O–H groups in total. The van der Waals surface area contributed by atoms with Crippen molar-refractivity contribution in [3.8, 4) is 0 Å². The molecule has 1 aliphatic rings. The highest BCUT2D eigenvalue weighted by Gasteiger charge is 2.30. The molecule has 1 aromatic rings. The molecule has 4 nitrogen and oxygen atoms in total. The van der Waals surface area contributed by atoms with Crippen molar-refractivity contribution in [3.05, 3.63) is 16.5 Å². The van der Waals surface area contributed by atoms with Gasteiger partial charge in [0.25, 0.3) is 0 Å². The van der Waals surface area contributed by atoms with Gasteiger partial charge in [0.15, 0.2) is 0 Å². The monoisotopic (exact) mass is 239 g/mol. The molecular weight excluding hydrogens is 226 g/mol. The second-order valence-electron chi connectivity index (χ2n) is 3.88. The number of rotatable bonds is 4. The number of thiophene rings is 1. The molecule has 1 aromatic heterocycles. The first kappa shape index (κ1) is 11.1. The van der Waals surface area contributed by atoms with Crippen molar-refractivity contribution in [2.75, 3.05) is 5.32 Å². The Kier molecular flexibility index (Phi) is 2.96. The second kappa shape index (κ2) is 4.25. The van der Waals surface area contributed by atoms with Crippen molar-refractivity contribution in [2.45, 2.75) is 26.2 Å². The van der Waals surface area contributed by atoms with Gasteiger partial charge >= 0.3 is 5.97 Å². The number of carboxylic acid groups (broad SMARTS) is 1. The fourth-order valence-electron chi connectivity index (χ4n) is 1.43. The van der Waals surface area contributed by atoms with Crippen molar-refractivity contribution >= 4 is 28.2 Å². The highest BCUT2D eigenvalue weighted by molar-refractivity contribution is 7.16. The van der Waals surface area contributed by atoms with Gasteiger partial charge in [0.2, 0.25) is 5.91 Å². The SMILES string of the molecule is CCc1cc(C(=O)O)c(NC(=O)C2CC2)s1. The van der Waals surface area contributed by atoms with Gasteiger partial charge in [0.05, 0.1) is 5.56 Å². The number of hydrogen-bond donors (Lipinski definition) is 2. The van der Waals surface area contributed by atoms with Crippen LogP contribution in [-0.2, 0) is 11.2 Å². The number of carbonyl (C=O) groups is 2. The topological polar surface area (TPSA) is 66.4 Å². The fraction of sp³-hybridized carbons (Fsp3) is 0.455. The molecule has 1 fully saturated rings. The summed E-state index contributed by atoms with van der Waals surface area (Å²) in [4.78, 5) is 23.5. The lowest BCUT2D eigenvalue weighted by atomic mass is 10.2. The zero-order valence-electron chi connectivity index (χ0n) is 8.95. The summed E-state index contributed by atoms with van der Waals surface area (Å²) in [5.41, 5.74) is 0.204. The molecule has 16 heavy (non-hydrogen) atoms. The van der Waals surface area contributed by atoms with Crippen LogP contribution in [0.4, 0.5) is 5.00 Å². The Labute approximate surface area is 97.3 Å². The predicted octanol–water partition coefficient (Wildman–Crippen LogP) is 2.36. The van der Waals surface area contributed by atoms with E-state index in [1.54, 1.807) is 6.07 Å². The molecule has 86 valence electrons. The van der Waals surface area contributed by atoms with Crippen molar-refractivity contribution < 1.29 is 14.7 Å². The highest BCUT2D eigenvalue weighted by Crippen LogP contribution is 2.33. The number of aryl methyl sites for hydroxylation is 1. The summed E-state index contributed by atoms with van der Waals surface area (Å²) in [6, 6.07) is 1.63. The molecular formula is C11H13NO3S. The third-order valence-corrected chi connectivity index (χ3v) is 3.74. The van der Waals surface area contributed by atoms with Crippen LogP contribution in [0, 0.1) is 5.92 Å². The zero-order chi connectivity index (χ0) is 11.7. The van der Waals surface area contributed by atoms with E-state index < -0.39 is 5.97 Å². The molecule has 0 radical (unpaired) electrons. The number of carboxylic acids is 1. The Morgan fingerprint density at radius 1 is 1.56 bits per heavy atom. The molecule has 1 heterocycles. The summed E-state index contributed by atoms with van der Waals surface area (Å²) in [5.74, 6) is -0.942. The van der Waals surface area contributed by atoms with Gasteiger partial charge in [-0.1, -0.05) is 6.92 Å². The van der Waals surface area contributed by atoms with Gasteiger partial charge in [-0.05, 0) is 25.3 Å². The first-order chi connectivity index (χ1) is 7.61. The van der Waals surface area contributed by atoms with Crippen LogP contribution in [0.3, 0.4) is 0 Å². The minimum absolute atomic E-state index is 0.0491. The minimum atomic E-state index is -0.984. The first-order valence-corrected chi connectivity index (χ1v) is 6.10. The fourth-order valence-corrected chi connectivity index (χ4v) is 2.42. The van der Waals surface area contributed by atoms with Crippen molar-refractivity contribution in [2.24, 2.45) is 5.92 Å². The molecule has 0 unspecified atom stereocenters. The van der Waals surface area contributed by atoms with E-state index in [0.717, 1.165) is 24.1 Å². The summed E-state index contributed by atoms with van der Waals surface area (Å²) in [5, 5.41) is 12.2. The molecule has 1 saturated carbocycles. The van der Waals surface area contributed by atoms with Crippen LogP contribution in [0.1, 0.15) is 35.0 Å². The van der Waals surface area contributed by atoms with Gasteiger partial charge in [-0.15, -0.1) is 11.3 Å². The average Bonchev–Trinajstić information content (AvgIpc) is 3.00. The van der Waals surface area contributed by atoms with E-state index in [2.05, 4.69) is 5.32 Å². The number of anilines is 1. The van der Waals surface area contributed by atoms with E-state index >= 15 is 0 Å². The summed E-state index contributed by atoms with van der Waals surface area (Å²) in [7, 11) is 0. The largest absolute Gasteiger partial charge is 0.478 e. The van der Waals surface area contributed by atoms with Crippen molar-refractivity contribution in [1.29, 1.82) is 0 Å². The Morgan fingerprint density at radius 2 is 2.25 bits per heavy atom. The number of carbonyl (C=O) groups excluding carboxylic acids is 1. The predicted molar refractivity (Wildman–Crippen MR) is 62.0 cm³/mol. The van der Waals surface area contributed by atoms with Gasteiger partial charge in [-0.25, -0.2) is 4.79 Å². The Morgan fingerprint density at radius 3 is 2.75 bits per heavy atom. The molecule has 5 heteroatoms. The quantitative estimate of drug-likeness (QED) is 0.847. The van der Waals surface area contributed by atoms with E-state index in [9.17, 15) is 9.59 Å². The number of hydrogen-bond acceptors (Lipinski definition) is 3. The number of amides is 1.